The van der Waals surface area contributed by atoms with Gasteiger partial charge in [-0.3, -0.25) is 9.59 Å². The minimum absolute atomic E-state index is 0.00623. The average Bonchev–Trinajstić information content (AvgIpc) is 2.52. The molecule has 0 saturated heterocycles. The fraction of sp³-hybridized carbons (Fsp3) is 0.500. The summed E-state index contributed by atoms with van der Waals surface area (Å²) in [5.41, 5.74) is 6.86. The van der Waals surface area contributed by atoms with E-state index in [0.717, 1.165) is 31.2 Å². The molecule has 1 saturated carbocycles. The van der Waals surface area contributed by atoms with Crippen LogP contribution in [0.15, 0.2) is 30.3 Å². The zero-order valence-electron chi connectivity index (χ0n) is 12.2. The largest absolute Gasteiger partial charge is 0.350 e. The lowest BCUT2D eigenvalue weighted by molar-refractivity contribution is -0.129. The Labute approximate surface area is 125 Å². The zero-order chi connectivity index (χ0) is 15.1. The van der Waals surface area contributed by atoms with Gasteiger partial charge in [-0.15, -0.1) is 0 Å². The molecule has 1 fully saturated rings. The van der Waals surface area contributed by atoms with Crippen molar-refractivity contribution in [1.82, 2.24) is 10.6 Å². The van der Waals surface area contributed by atoms with E-state index in [0.29, 0.717) is 6.54 Å². The maximum absolute atomic E-state index is 12.0. The standard InChI is InChI=1S/C16H23N3O2/c17-14-8-6-13(7-9-14)16(21)19-11-15(20)18-10-12-4-2-1-3-5-12/h1-5,13-14H,6-11,17H2,(H,18,20)(H,19,21). The summed E-state index contributed by atoms with van der Waals surface area (Å²) in [4.78, 5) is 23.7. The average molecular weight is 289 g/mol. The van der Waals surface area contributed by atoms with E-state index < -0.39 is 0 Å². The number of amides is 2. The molecular formula is C16H23N3O2. The molecule has 5 heteroatoms. The molecule has 0 radical (unpaired) electrons. The van der Waals surface area contributed by atoms with Crippen LogP contribution in [0.25, 0.3) is 0 Å². The summed E-state index contributed by atoms with van der Waals surface area (Å²) >= 11 is 0. The van der Waals surface area contributed by atoms with Crippen LogP contribution in [0.5, 0.6) is 0 Å². The molecule has 0 unspecified atom stereocenters. The predicted molar refractivity (Wildman–Crippen MR) is 81.2 cm³/mol. The Kier molecular flexibility index (Phi) is 5.75. The van der Waals surface area contributed by atoms with Gasteiger partial charge in [0.05, 0.1) is 6.54 Å². The lowest BCUT2D eigenvalue weighted by atomic mass is 9.86. The van der Waals surface area contributed by atoms with Gasteiger partial charge >= 0.3 is 0 Å². The molecular weight excluding hydrogens is 266 g/mol. The van der Waals surface area contributed by atoms with E-state index in [1.54, 1.807) is 0 Å². The quantitative estimate of drug-likeness (QED) is 0.754. The molecule has 1 aromatic rings. The van der Waals surface area contributed by atoms with Crippen molar-refractivity contribution in [3.63, 3.8) is 0 Å². The van der Waals surface area contributed by atoms with E-state index in [2.05, 4.69) is 10.6 Å². The Morgan fingerprint density at radius 3 is 2.38 bits per heavy atom. The van der Waals surface area contributed by atoms with Crippen LogP contribution in [-0.4, -0.2) is 24.4 Å². The van der Waals surface area contributed by atoms with E-state index in [9.17, 15) is 9.59 Å². The third-order valence-corrected chi connectivity index (χ3v) is 3.90. The molecule has 1 aromatic carbocycles. The maximum Gasteiger partial charge on any atom is 0.239 e. The molecule has 1 aliphatic carbocycles. The van der Waals surface area contributed by atoms with Gasteiger partial charge in [0, 0.05) is 18.5 Å². The molecule has 2 amide bonds. The third-order valence-electron chi connectivity index (χ3n) is 3.90. The first-order valence-electron chi connectivity index (χ1n) is 7.49. The van der Waals surface area contributed by atoms with Gasteiger partial charge in [-0.25, -0.2) is 0 Å². The number of hydrogen-bond acceptors (Lipinski definition) is 3. The van der Waals surface area contributed by atoms with Crippen molar-refractivity contribution in [2.75, 3.05) is 6.54 Å². The Bertz CT molecular complexity index is 468. The minimum atomic E-state index is -0.167. The molecule has 0 bridgehead atoms. The lowest BCUT2D eigenvalue weighted by Gasteiger charge is -2.25. The second-order valence-corrected chi connectivity index (χ2v) is 5.59. The number of carbonyl (C=O) groups excluding carboxylic acids is 2. The van der Waals surface area contributed by atoms with E-state index in [4.69, 9.17) is 5.73 Å². The van der Waals surface area contributed by atoms with Gasteiger partial charge < -0.3 is 16.4 Å². The first kappa shape index (κ1) is 15.5. The monoisotopic (exact) mass is 289 g/mol. The van der Waals surface area contributed by atoms with E-state index >= 15 is 0 Å². The summed E-state index contributed by atoms with van der Waals surface area (Å²) in [5.74, 6) is -0.191. The molecule has 2 rings (SSSR count). The summed E-state index contributed by atoms with van der Waals surface area (Å²) < 4.78 is 0. The number of hydrogen-bond donors (Lipinski definition) is 3. The van der Waals surface area contributed by atoms with Gasteiger partial charge in [0.2, 0.25) is 11.8 Å². The first-order valence-corrected chi connectivity index (χ1v) is 7.49. The minimum Gasteiger partial charge on any atom is -0.350 e. The lowest BCUT2D eigenvalue weighted by Crippen LogP contribution is -2.41. The Balaban J connectivity index is 1.65. The highest BCUT2D eigenvalue weighted by Gasteiger charge is 2.24. The predicted octanol–water partition coefficient (Wildman–Crippen LogP) is 0.936. The van der Waals surface area contributed by atoms with Crippen LogP contribution in [0, 0.1) is 5.92 Å². The molecule has 4 N–H and O–H groups in total. The molecule has 5 nitrogen and oxygen atoms in total. The highest BCUT2D eigenvalue weighted by Crippen LogP contribution is 2.22. The van der Waals surface area contributed by atoms with E-state index in [1.807, 2.05) is 30.3 Å². The van der Waals surface area contributed by atoms with Crippen LogP contribution in [-0.2, 0) is 16.1 Å². The van der Waals surface area contributed by atoms with Crippen molar-refractivity contribution in [2.45, 2.75) is 38.3 Å². The van der Waals surface area contributed by atoms with Crippen molar-refractivity contribution < 1.29 is 9.59 Å². The van der Waals surface area contributed by atoms with Crippen LogP contribution in [0.3, 0.4) is 0 Å². The molecule has 21 heavy (non-hydrogen) atoms. The third kappa shape index (κ3) is 5.19. The normalized spacial score (nSPS) is 21.6. The SMILES string of the molecule is NC1CCC(C(=O)NCC(=O)NCc2ccccc2)CC1. The van der Waals surface area contributed by atoms with Gasteiger partial charge in [-0.05, 0) is 31.2 Å². The summed E-state index contributed by atoms with van der Waals surface area (Å²) in [5, 5.41) is 5.50. The van der Waals surface area contributed by atoms with E-state index in [-0.39, 0.29) is 30.3 Å². The molecule has 0 atom stereocenters. The summed E-state index contributed by atoms with van der Waals surface area (Å²) in [6, 6.07) is 9.91. The van der Waals surface area contributed by atoms with Gasteiger partial charge in [0.15, 0.2) is 0 Å². The second-order valence-electron chi connectivity index (χ2n) is 5.59. The summed E-state index contributed by atoms with van der Waals surface area (Å²) in [6.45, 7) is 0.516. The fourth-order valence-electron chi connectivity index (χ4n) is 2.55. The number of nitrogens with two attached hydrogens (primary N) is 1. The van der Waals surface area contributed by atoms with Crippen LogP contribution in [0.4, 0.5) is 0 Å². The maximum atomic E-state index is 12.0. The van der Waals surface area contributed by atoms with Crippen molar-refractivity contribution in [3.8, 4) is 0 Å². The van der Waals surface area contributed by atoms with Gasteiger partial charge in [-0.1, -0.05) is 30.3 Å². The fourth-order valence-corrected chi connectivity index (χ4v) is 2.55. The number of benzene rings is 1. The Morgan fingerprint density at radius 2 is 1.71 bits per heavy atom. The van der Waals surface area contributed by atoms with Crippen LogP contribution in [0.1, 0.15) is 31.2 Å². The smallest absolute Gasteiger partial charge is 0.239 e. The molecule has 0 spiro atoms. The Hall–Kier alpha value is -1.88. The number of rotatable bonds is 5. The van der Waals surface area contributed by atoms with Crippen molar-refractivity contribution >= 4 is 11.8 Å². The number of carbonyl (C=O) groups is 2. The van der Waals surface area contributed by atoms with Crippen LogP contribution < -0.4 is 16.4 Å². The summed E-state index contributed by atoms with van der Waals surface area (Å²) in [7, 11) is 0. The van der Waals surface area contributed by atoms with Gasteiger partial charge in [-0.2, -0.15) is 0 Å². The van der Waals surface area contributed by atoms with Gasteiger partial charge in [0.1, 0.15) is 0 Å². The van der Waals surface area contributed by atoms with Gasteiger partial charge in [0.25, 0.3) is 0 Å². The second kappa shape index (κ2) is 7.78. The van der Waals surface area contributed by atoms with Crippen LogP contribution in [0.2, 0.25) is 0 Å². The molecule has 0 heterocycles. The molecule has 0 aliphatic heterocycles. The molecule has 114 valence electrons. The van der Waals surface area contributed by atoms with Crippen molar-refractivity contribution in [2.24, 2.45) is 11.7 Å². The van der Waals surface area contributed by atoms with Crippen LogP contribution >= 0.6 is 0 Å². The summed E-state index contributed by atoms with van der Waals surface area (Å²) in [6.07, 6.45) is 3.41. The van der Waals surface area contributed by atoms with E-state index in [1.165, 1.54) is 0 Å². The topological polar surface area (TPSA) is 84.2 Å². The zero-order valence-corrected chi connectivity index (χ0v) is 12.2. The van der Waals surface area contributed by atoms with Crippen molar-refractivity contribution in [1.29, 1.82) is 0 Å². The molecule has 0 aromatic heterocycles. The highest BCUT2D eigenvalue weighted by atomic mass is 16.2. The Morgan fingerprint density at radius 1 is 1.05 bits per heavy atom. The van der Waals surface area contributed by atoms with Crippen molar-refractivity contribution in [3.05, 3.63) is 35.9 Å². The number of nitrogens with one attached hydrogen (secondary N) is 2. The highest BCUT2D eigenvalue weighted by molar-refractivity contribution is 5.85. The molecule has 1 aliphatic rings. The first-order chi connectivity index (χ1) is 10.1.